The van der Waals surface area contributed by atoms with Crippen LogP contribution in [0.25, 0.3) is 0 Å². The molecule has 8 N–H and O–H groups in total. The van der Waals surface area contributed by atoms with E-state index >= 15 is 4.39 Å². The van der Waals surface area contributed by atoms with E-state index in [1.165, 1.54) is 0 Å². The first-order valence-corrected chi connectivity index (χ1v) is 13.1. The Labute approximate surface area is 227 Å². The van der Waals surface area contributed by atoms with Gasteiger partial charge in [0.25, 0.3) is 5.91 Å². The van der Waals surface area contributed by atoms with Gasteiger partial charge in [-0.25, -0.2) is 4.39 Å². The lowest BCUT2D eigenvalue weighted by Crippen LogP contribution is -2.64. The summed E-state index contributed by atoms with van der Waals surface area (Å²) in [7, 11) is 1.87. The van der Waals surface area contributed by atoms with Crippen LogP contribution >= 0.6 is 0 Å². The van der Waals surface area contributed by atoms with E-state index in [9.17, 15) is 39.6 Å². The second-order valence-electron chi connectivity index (χ2n) is 11.4. The Morgan fingerprint density at radius 2 is 1.93 bits per heavy atom. The fourth-order valence-corrected chi connectivity index (χ4v) is 7.56. The van der Waals surface area contributed by atoms with Crippen LogP contribution in [0.4, 0.5) is 10.1 Å². The van der Waals surface area contributed by atoms with E-state index in [0.717, 1.165) is 19.9 Å². The van der Waals surface area contributed by atoms with Gasteiger partial charge in [-0.1, -0.05) is 0 Å². The van der Waals surface area contributed by atoms with Crippen LogP contribution in [0.3, 0.4) is 0 Å². The number of anilines is 1. The first kappa shape index (κ1) is 26.3. The Bertz CT molecular complexity index is 1500. The van der Waals surface area contributed by atoms with Gasteiger partial charge >= 0.3 is 0 Å². The molecule has 1 aromatic carbocycles. The van der Waals surface area contributed by atoms with Gasteiger partial charge in [0.1, 0.15) is 22.9 Å². The number of phenols is 1. The summed E-state index contributed by atoms with van der Waals surface area (Å²) in [4.78, 5) is 53.2. The fourth-order valence-electron chi connectivity index (χ4n) is 7.56. The van der Waals surface area contributed by atoms with Gasteiger partial charge in [-0.05, 0) is 44.7 Å². The summed E-state index contributed by atoms with van der Waals surface area (Å²) in [6.45, 7) is 2.31. The number of carbonyl (C=O) groups is 4. The van der Waals surface area contributed by atoms with Crippen LogP contribution in [-0.4, -0.2) is 80.5 Å². The number of aliphatic hydroxyl groups excluding tert-OH is 2. The van der Waals surface area contributed by atoms with Crippen molar-refractivity contribution < 1.29 is 44.0 Å². The van der Waals surface area contributed by atoms with Crippen LogP contribution in [0.2, 0.25) is 0 Å². The number of likely N-dealkylation sites (tertiary alicyclic amines) is 1. The highest BCUT2D eigenvalue weighted by atomic mass is 19.1. The van der Waals surface area contributed by atoms with Crippen molar-refractivity contribution in [2.45, 2.75) is 43.9 Å². The molecule has 0 bridgehead atoms. The van der Waals surface area contributed by atoms with Gasteiger partial charge in [-0.2, -0.15) is 0 Å². The molecule has 2 heterocycles. The molecule has 6 atom stereocenters. The standard InChI is InChI=1S/C27H29FN4O8/c1-8(33)31-18-12-6-10-5-11-14(22(35)19-15(17(11)28)20-9(7-30-19)3-4-32(20)2)21(34)13(10)24(37)27(12,40)25(38)16(23(18)36)26(29)39/h9-10,12,18,20,30,35-37,40H,3-7H2,1-2H3,(H2,29,39)(H,31,33)/t9?,10-,12-,18-,20?,27-/m0/s1. The molecule has 6 rings (SSSR count). The predicted molar refractivity (Wildman–Crippen MR) is 136 cm³/mol. The van der Waals surface area contributed by atoms with Crippen LogP contribution in [0.5, 0.6) is 5.75 Å². The minimum Gasteiger partial charge on any atom is -0.509 e. The van der Waals surface area contributed by atoms with E-state index in [1.807, 2.05) is 11.9 Å². The number of benzene rings is 1. The lowest BCUT2D eigenvalue weighted by atomic mass is 9.58. The number of nitrogens with one attached hydrogen (secondary N) is 2. The number of Topliss-reactive ketones (excluding diaryl/α,β-unsaturated/α-hetero) is 2. The maximum absolute atomic E-state index is 16.3. The number of aliphatic hydroxyl groups is 3. The number of fused-ring (bicyclic) bond motifs is 6. The lowest BCUT2D eigenvalue weighted by molar-refractivity contribution is -0.147. The smallest absolute Gasteiger partial charge is 0.255 e. The molecule has 1 aromatic rings. The number of ketones is 2. The van der Waals surface area contributed by atoms with Gasteiger partial charge < -0.3 is 36.8 Å². The minimum atomic E-state index is -2.90. The summed E-state index contributed by atoms with van der Waals surface area (Å²) < 4.78 is 16.3. The van der Waals surface area contributed by atoms with E-state index in [1.54, 1.807) is 0 Å². The SMILES string of the molecule is CC(=O)N[C@@H]1C(O)=C(C(N)=O)C(=O)[C@@]2(O)C(O)=C3C(=O)c4c(O)c5c(c(F)c4C[C@H]3C[C@@H]12)C1C(CCN1C)CN5. The van der Waals surface area contributed by atoms with Gasteiger partial charge in [0.15, 0.2) is 17.1 Å². The number of rotatable bonds is 2. The number of nitrogens with zero attached hydrogens (tertiary/aromatic N) is 1. The average Bonchev–Trinajstić information content (AvgIpc) is 3.27. The van der Waals surface area contributed by atoms with Crippen molar-refractivity contribution in [1.82, 2.24) is 10.2 Å². The lowest BCUT2D eigenvalue weighted by Gasteiger charge is -2.48. The molecule has 2 amide bonds. The Morgan fingerprint density at radius 3 is 2.58 bits per heavy atom. The third-order valence-corrected chi connectivity index (χ3v) is 9.31. The summed E-state index contributed by atoms with van der Waals surface area (Å²) in [6.07, 6.45) is 0.403. The summed E-state index contributed by atoms with van der Waals surface area (Å²) in [5.41, 5.74) is 0.887. The fraction of sp³-hybridized carbons (Fsp3) is 0.481. The van der Waals surface area contributed by atoms with Crippen molar-refractivity contribution in [3.05, 3.63) is 45.2 Å². The Hall–Kier alpha value is -3.97. The molecule has 12 nitrogen and oxygen atoms in total. The molecule has 1 saturated heterocycles. The molecule has 0 aromatic heterocycles. The number of phenolic OH excluding ortho intramolecular Hbond substituents is 1. The van der Waals surface area contributed by atoms with Crippen LogP contribution in [-0.2, 0) is 20.8 Å². The molecule has 13 heteroatoms. The maximum atomic E-state index is 16.3. The van der Waals surface area contributed by atoms with Gasteiger partial charge in [-0.15, -0.1) is 0 Å². The second kappa shape index (κ2) is 8.51. The number of nitrogens with two attached hydrogens (primary N) is 1. The van der Waals surface area contributed by atoms with Gasteiger partial charge in [-0.3, -0.25) is 24.1 Å². The second-order valence-corrected chi connectivity index (χ2v) is 11.4. The summed E-state index contributed by atoms with van der Waals surface area (Å²) >= 11 is 0. The Kier molecular flexibility index (Phi) is 5.59. The molecule has 2 unspecified atom stereocenters. The van der Waals surface area contributed by atoms with Crippen LogP contribution < -0.4 is 16.4 Å². The quantitative estimate of drug-likeness (QED) is 0.195. The van der Waals surface area contributed by atoms with Crippen molar-refractivity contribution in [2.24, 2.45) is 23.5 Å². The maximum Gasteiger partial charge on any atom is 0.255 e. The molecule has 212 valence electrons. The highest BCUT2D eigenvalue weighted by Gasteiger charge is 2.63. The molecular formula is C27H29FN4O8. The van der Waals surface area contributed by atoms with Crippen molar-refractivity contribution in [3.63, 3.8) is 0 Å². The van der Waals surface area contributed by atoms with Crippen molar-refractivity contribution in [1.29, 1.82) is 0 Å². The van der Waals surface area contributed by atoms with Gasteiger partial charge in [0.2, 0.25) is 11.7 Å². The van der Waals surface area contributed by atoms with Crippen molar-refractivity contribution in [3.8, 4) is 5.75 Å². The molecule has 1 fully saturated rings. The minimum absolute atomic E-state index is 0.0493. The van der Waals surface area contributed by atoms with Crippen molar-refractivity contribution >= 4 is 29.1 Å². The van der Waals surface area contributed by atoms with E-state index in [2.05, 4.69) is 10.6 Å². The van der Waals surface area contributed by atoms with E-state index in [4.69, 9.17) is 5.73 Å². The normalized spacial score (nSPS) is 33.0. The van der Waals surface area contributed by atoms with Crippen LogP contribution in [0.1, 0.15) is 47.3 Å². The number of halogens is 1. The number of primary amides is 1. The number of aromatic hydroxyl groups is 1. The zero-order valence-corrected chi connectivity index (χ0v) is 21.7. The monoisotopic (exact) mass is 556 g/mol. The first-order chi connectivity index (χ1) is 18.8. The molecule has 40 heavy (non-hydrogen) atoms. The summed E-state index contributed by atoms with van der Waals surface area (Å²) in [5.74, 6) is -9.83. The number of amides is 2. The zero-order chi connectivity index (χ0) is 29.0. The number of carbonyl (C=O) groups excluding carboxylic acids is 4. The highest BCUT2D eigenvalue weighted by Crippen LogP contribution is 2.55. The topological polar surface area (TPSA) is 203 Å². The van der Waals surface area contributed by atoms with E-state index in [-0.39, 0.29) is 47.2 Å². The van der Waals surface area contributed by atoms with Crippen LogP contribution in [0.15, 0.2) is 22.7 Å². The average molecular weight is 557 g/mol. The van der Waals surface area contributed by atoms with E-state index < -0.39 is 81.1 Å². The van der Waals surface area contributed by atoms with E-state index in [0.29, 0.717) is 6.54 Å². The van der Waals surface area contributed by atoms with Crippen LogP contribution in [0, 0.1) is 23.6 Å². The Morgan fingerprint density at radius 1 is 1.23 bits per heavy atom. The molecule has 0 spiro atoms. The number of hydrogen-bond donors (Lipinski definition) is 7. The largest absolute Gasteiger partial charge is 0.509 e. The molecule has 0 saturated carbocycles. The summed E-state index contributed by atoms with van der Waals surface area (Å²) in [5, 5.41) is 50.4. The Balaban J connectivity index is 1.54. The summed E-state index contributed by atoms with van der Waals surface area (Å²) in [6, 6.07) is -1.82. The first-order valence-electron chi connectivity index (χ1n) is 13.1. The molecule has 2 aliphatic heterocycles. The van der Waals surface area contributed by atoms with Crippen molar-refractivity contribution in [2.75, 3.05) is 25.5 Å². The molecule has 3 aliphatic carbocycles. The van der Waals surface area contributed by atoms with Gasteiger partial charge in [0, 0.05) is 42.1 Å². The third kappa shape index (κ3) is 3.18. The zero-order valence-electron chi connectivity index (χ0n) is 21.7. The highest BCUT2D eigenvalue weighted by molar-refractivity contribution is 6.25. The molecule has 0 radical (unpaired) electrons. The molecular weight excluding hydrogens is 527 g/mol. The number of allylic oxidation sites excluding steroid dienone is 1. The molecule has 5 aliphatic rings. The predicted octanol–water partition coefficient (Wildman–Crippen LogP) is 0.252. The third-order valence-electron chi connectivity index (χ3n) is 9.31. The van der Waals surface area contributed by atoms with Gasteiger partial charge in [0.05, 0.1) is 17.3 Å². The number of hydrogen-bond acceptors (Lipinski definition) is 10.